The van der Waals surface area contributed by atoms with Crippen molar-refractivity contribution in [3.63, 3.8) is 0 Å². The first kappa shape index (κ1) is 15.4. The van der Waals surface area contributed by atoms with E-state index in [1.54, 1.807) is 18.6 Å². The topological polar surface area (TPSA) is 75.4 Å². The van der Waals surface area contributed by atoms with Crippen molar-refractivity contribution in [1.82, 2.24) is 14.9 Å². The molecule has 1 unspecified atom stereocenters. The first-order valence-corrected chi connectivity index (χ1v) is 7.83. The highest BCUT2D eigenvalue weighted by Crippen LogP contribution is 2.17. The van der Waals surface area contributed by atoms with E-state index in [9.17, 15) is 4.79 Å². The number of aromatic nitrogens is 2. The van der Waals surface area contributed by atoms with Crippen LogP contribution in [0.1, 0.15) is 18.0 Å². The largest absolute Gasteiger partial charge is 0.352 e. The third kappa shape index (κ3) is 3.84. The zero-order valence-corrected chi connectivity index (χ0v) is 13.0. The fourth-order valence-electron chi connectivity index (χ4n) is 2.77. The predicted molar refractivity (Wildman–Crippen MR) is 88.8 cm³/mol. The molecule has 6 heteroatoms. The van der Waals surface area contributed by atoms with E-state index in [4.69, 9.17) is 5.73 Å². The molecule has 2 heterocycles. The molecular weight excluding hydrogens is 290 g/mol. The monoisotopic (exact) mass is 311 g/mol. The van der Waals surface area contributed by atoms with Gasteiger partial charge in [0.1, 0.15) is 5.82 Å². The van der Waals surface area contributed by atoms with Gasteiger partial charge in [-0.15, -0.1) is 0 Å². The molecule has 1 atom stereocenters. The summed E-state index contributed by atoms with van der Waals surface area (Å²) in [6, 6.07) is 9.51. The van der Waals surface area contributed by atoms with Gasteiger partial charge in [0.2, 0.25) is 5.91 Å². The van der Waals surface area contributed by atoms with E-state index in [2.05, 4.69) is 14.9 Å². The lowest BCUT2D eigenvalue weighted by Gasteiger charge is -2.35. The van der Waals surface area contributed by atoms with E-state index in [1.807, 2.05) is 35.2 Å². The zero-order valence-electron chi connectivity index (χ0n) is 13.0. The maximum Gasteiger partial charge on any atom is 0.224 e. The number of carbonyl (C=O) groups excluding carboxylic acids is 1. The van der Waals surface area contributed by atoms with Crippen LogP contribution in [0.2, 0.25) is 0 Å². The molecule has 1 aliphatic heterocycles. The molecule has 3 rings (SSSR count). The number of piperazine rings is 1. The molecule has 1 aromatic carbocycles. The molecule has 0 aliphatic carbocycles. The molecule has 23 heavy (non-hydrogen) atoms. The van der Waals surface area contributed by atoms with Gasteiger partial charge in [-0.1, -0.05) is 30.3 Å². The summed E-state index contributed by atoms with van der Waals surface area (Å²) < 4.78 is 0. The van der Waals surface area contributed by atoms with Crippen molar-refractivity contribution in [2.75, 3.05) is 31.1 Å². The van der Waals surface area contributed by atoms with Crippen LogP contribution < -0.4 is 10.6 Å². The highest BCUT2D eigenvalue weighted by atomic mass is 16.2. The Hall–Kier alpha value is -2.47. The van der Waals surface area contributed by atoms with Crippen LogP contribution in [0.4, 0.5) is 5.82 Å². The van der Waals surface area contributed by atoms with Gasteiger partial charge < -0.3 is 15.5 Å². The van der Waals surface area contributed by atoms with Crippen LogP contribution in [-0.2, 0) is 4.79 Å². The summed E-state index contributed by atoms with van der Waals surface area (Å²) >= 11 is 0. The van der Waals surface area contributed by atoms with Gasteiger partial charge >= 0.3 is 0 Å². The van der Waals surface area contributed by atoms with Gasteiger partial charge in [0.05, 0.1) is 6.20 Å². The van der Waals surface area contributed by atoms with Crippen molar-refractivity contribution in [2.45, 2.75) is 12.5 Å². The lowest BCUT2D eigenvalue weighted by molar-refractivity contribution is -0.131. The van der Waals surface area contributed by atoms with Gasteiger partial charge in [0.25, 0.3) is 0 Å². The van der Waals surface area contributed by atoms with Crippen LogP contribution in [-0.4, -0.2) is 47.0 Å². The Morgan fingerprint density at radius 3 is 2.52 bits per heavy atom. The summed E-state index contributed by atoms with van der Waals surface area (Å²) in [7, 11) is 0. The van der Waals surface area contributed by atoms with E-state index >= 15 is 0 Å². The summed E-state index contributed by atoms with van der Waals surface area (Å²) in [5, 5.41) is 0. The Morgan fingerprint density at radius 2 is 1.87 bits per heavy atom. The smallest absolute Gasteiger partial charge is 0.224 e. The predicted octanol–water partition coefficient (Wildman–Crippen LogP) is 1.22. The first-order valence-electron chi connectivity index (χ1n) is 7.83. The number of carbonyl (C=O) groups is 1. The molecule has 0 bridgehead atoms. The highest BCUT2D eigenvalue weighted by molar-refractivity contribution is 5.77. The van der Waals surface area contributed by atoms with Crippen LogP contribution in [0.3, 0.4) is 0 Å². The van der Waals surface area contributed by atoms with Gasteiger partial charge in [0, 0.05) is 51.0 Å². The van der Waals surface area contributed by atoms with Gasteiger partial charge in [-0.2, -0.15) is 0 Å². The number of hydrogen-bond acceptors (Lipinski definition) is 5. The van der Waals surface area contributed by atoms with Crippen molar-refractivity contribution in [1.29, 1.82) is 0 Å². The zero-order chi connectivity index (χ0) is 16.1. The van der Waals surface area contributed by atoms with Crippen molar-refractivity contribution < 1.29 is 4.79 Å². The Balaban J connectivity index is 1.52. The third-order valence-corrected chi connectivity index (χ3v) is 4.13. The number of amides is 1. The van der Waals surface area contributed by atoms with Gasteiger partial charge in [0.15, 0.2) is 0 Å². The van der Waals surface area contributed by atoms with Crippen molar-refractivity contribution in [3.8, 4) is 0 Å². The molecule has 2 N–H and O–H groups in total. The van der Waals surface area contributed by atoms with Gasteiger partial charge in [-0.05, 0) is 5.56 Å². The third-order valence-electron chi connectivity index (χ3n) is 4.13. The second kappa shape index (κ2) is 7.19. The average Bonchev–Trinajstić information content (AvgIpc) is 2.63. The van der Waals surface area contributed by atoms with Crippen LogP contribution in [0.5, 0.6) is 0 Å². The molecule has 1 fully saturated rings. The number of hydrogen-bond donors (Lipinski definition) is 1. The fraction of sp³-hybridized carbons (Fsp3) is 0.353. The van der Waals surface area contributed by atoms with Crippen molar-refractivity contribution in [2.24, 2.45) is 5.73 Å². The van der Waals surface area contributed by atoms with Gasteiger partial charge in [-0.3, -0.25) is 9.78 Å². The Bertz CT molecular complexity index is 626. The van der Waals surface area contributed by atoms with Crippen LogP contribution in [0, 0.1) is 0 Å². The average molecular weight is 311 g/mol. The quantitative estimate of drug-likeness (QED) is 0.919. The SMILES string of the molecule is NC(CC(=O)N1CCN(c2cnccn2)CC1)c1ccccc1. The first-order chi connectivity index (χ1) is 11.2. The second-order valence-corrected chi connectivity index (χ2v) is 5.65. The molecule has 6 nitrogen and oxygen atoms in total. The van der Waals surface area contributed by atoms with E-state index in [0.717, 1.165) is 24.5 Å². The second-order valence-electron chi connectivity index (χ2n) is 5.65. The van der Waals surface area contributed by atoms with E-state index < -0.39 is 0 Å². The fourth-order valence-corrected chi connectivity index (χ4v) is 2.77. The Labute approximate surface area is 135 Å². The Morgan fingerprint density at radius 1 is 1.13 bits per heavy atom. The molecule has 0 spiro atoms. The van der Waals surface area contributed by atoms with E-state index in [-0.39, 0.29) is 11.9 Å². The van der Waals surface area contributed by atoms with Crippen LogP contribution in [0.25, 0.3) is 0 Å². The van der Waals surface area contributed by atoms with Crippen LogP contribution >= 0.6 is 0 Å². The van der Waals surface area contributed by atoms with Crippen molar-refractivity contribution in [3.05, 3.63) is 54.5 Å². The molecule has 1 aliphatic rings. The summed E-state index contributed by atoms with van der Waals surface area (Å²) in [5.41, 5.74) is 7.14. The number of nitrogens with zero attached hydrogens (tertiary/aromatic N) is 4. The minimum atomic E-state index is -0.248. The molecule has 1 amide bonds. The number of rotatable bonds is 4. The molecular formula is C17H21N5O. The molecule has 1 saturated heterocycles. The Kier molecular flexibility index (Phi) is 4.83. The van der Waals surface area contributed by atoms with Crippen LogP contribution in [0.15, 0.2) is 48.9 Å². The summed E-state index contributed by atoms with van der Waals surface area (Å²) in [6.07, 6.45) is 5.44. The van der Waals surface area contributed by atoms with E-state index in [0.29, 0.717) is 19.5 Å². The number of nitrogens with two attached hydrogens (primary N) is 1. The maximum atomic E-state index is 12.4. The molecule has 1 aromatic heterocycles. The lowest BCUT2D eigenvalue weighted by Crippen LogP contribution is -2.49. The summed E-state index contributed by atoms with van der Waals surface area (Å²) in [5.74, 6) is 0.973. The lowest BCUT2D eigenvalue weighted by atomic mass is 10.0. The van der Waals surface area contributed by atoms with Gasteiger partial charge in [-0.25, -0.2) is 4.98 Å². The molecule has 120 valence electrons. The number of benzene rings is 1. The summed E-state index contributed by atoms with van der Waals surface area (Å²) in [4.78, 5) is 24.8. The normalized spacial score (nSPS) is 16.2. The highest BCUT2D eigenvalue weighted by Gasteiger charge is 2.23. The minimum absolute atomic E-state index is 0.111. The molecule has 0 radical (unpaired) electrons. The molecule has 2 aromatic rings. The maximum absolute atomic E-state index is 12.4. The number of anilines is 1. The summed E-state index contributed by atoms with van der Waals surface area (Å²) in [6.45, 7) is 2.92. The van der Waals surface area contributed by atoms with E-state index in [1.165, 1.54) is 0 Å². The standard InChI is InChI=1S/C17H21N5O/c18-15(14-4-2-1-3-5-14)12-17(23)22-10-8-21(9-11-22)16-13-19-6-7-20-16/h1-7,13,15H,8-12,18H2. The van der Waals surface area contributed by atoms with Crippen molar-refractivity contribution >= 4 is 11.7 Å². The minimum Gasteiger partial charge on any atom is -0.352 e. The molecule has 0 saturated carbocycles.